The van der Waals surface area contributed by atoms with Gasteiger partial charge in [0.2, 0.25) is 10.0 Å². The van der Waals surface area contributed by atoms with E-state index in [4.69, 9.17) is 0 Å². The van der Waals surface area contributed by atoms with E-state index in [0.29, 0.717) is 12.2 Å². The van der Waals surface area contributed by atoms with Crippen LogP contribution in [0.5, 0.6) is 0 Å². The number of hydrogen-bond donors (Lipinski definition) is 1. The van der Waals surface area contributed by atoms with Crippen LogP contribution in [0, 0.1) is 6.92 Å². The van der Waals surface area contributed by atoms with E-state index in [1.807, 2.05) is 32.9 Å². The number of nitrogens with one attached hydrogen (secondary N) is 1. The monoisotopic (exact) mass is 332 g/mol. The highest BCUT2D eigenvalue weighted by Crippen LogP contribution is 2.40. The molecule has 1 N–H and O–H groups in total. The van der Waals surface area contributed by atoms with Crippen molar-refractivity contribution in [2.45, 2.75) is 26.3 Å². The summed E-state index contributed by atoms with van der Waals surface area (Å²) in [5.74, 6) is 0. The van der Waals surface area contributed by atoms with Crippen LogP contribution >= 0.6 is 15.9 Å². The zero-order valence-corrected chi connectivity index (χ0v) is 13.3. The second kappa shape index (κ2) is 4.13. The Labute approximate surface area is 117 Å². The Hall–Kier alpha value is -0.750. The number of fused-ring (bicyclic) bond motifs is 1. The number of hydrogen-bond acceptors (Lipinski definition) is 3. The van der Waals surface area contributed by atoms with Gasteiger partial charge in [-0.2, -0.15) is 0 Å². The Kier molecular flexibility index (Phi) is 3.14. The van der Waals surface area contributed by atoms with Crippen molar-refractivity contribution in [3.05, 3.63) is 22.2 Å². The molecule has 1 aliphatic rings. The first-order valence-corrected chi connectivity index (χ1v) is 8.30. The summed E-state index contributed by atoms with van der Waals surface area (Å²) in [5.41, 5.74) is 2.35. The van der Waals surface area contributed by atoms with Crippen LogP contribution in [0.1, 0.15) is 19.4 Å². The van der Waals surface area contributed by atoms with Crippen molar-refractivity contribution in [1.82, 2.24) is 0 Å². The molecule has 0 amide bonds. The maximum absolute atomic E-state index is 11.9. The molecule has 0 fully saturated rings. The molecule has 6 heteroatoms. The van der Waals surface area contributed by atoms with Crippen LogP contribution < -0.4 is 9.62 Å². The average Bonchev–Trinajstić information content (AvgIpc) is 2.16. The third-order valence-corrected chi connectivity index (χ3v) is 4.54. The molecule has 0 unspecified atom stereocenters. The van der Waals surface area contributed by atoms with Crippen molar-refractivity contribution < 1.29 is 8.42 Å². The zero-order valence-electron chi connectivity index (χ0n) is 10.9. The molecule has 4 nitrogen and oxygen atoms in total. The molecule has 100 valence electrons. The highest BCUT2D eigenvalue weighted by molar-refractivity contribution is 9.10. The van der Waals surface area contributed by atoms with Crippen molar-refractivity contribution in [2.75, 3.05) is 22.4 Å². The minimum absolute atomic E-state index is 0.283. The number of nitrogens with zero attached hydrogens (tertiary/aromatic N) is 1. The quantitative estimate of drug-likeness (QED) is 0.860. The molecule has 0 spiro atoms. The maximum Gasteiger partial charge on any atom is 0.232 e. The first-order chi connectivity index (χ1) is 8.10. The van der Waals surface area contributed by atoms with Gasteiger partial charge in [0.1, 0.15) is 0 Å². The van der Waals surface area contributed by atoms with Gasteiger partial charge < -0.3 is 5.32 Å². The first kappa shape index (κ1) is 13.7. The van der Waals surface area contributed by atoms with Crippen LogP contribution in [0.15, 0.2) is 16.6 Å². The van der Waals surface area contributed by atoms with Gasteiger partial charge in [-0.3, -0.25) is 4.31 Å². The summed E-state index contributed by atoms with van der Waals surface area (Å²) in [6.45, 7) is 6.39. The minimum Gasteiger partial charge on any atom is -0.376 e. The largest absolute Gasteiger partial charge is 0.376 e. The molecule has 2 rings (SSSR count). The van der Waals surface area contributed by atoms with E-state index in [2.05, 4.69) is 21.2 Å². The lowest BCUT2D eigenvalue weighted by Crippen LogP contribution is -2.50. The topological polar surface area (TPSA) is 49.4 Å². The molecule has 1 aliphatic heterocycles. The van der Waals surface area contributed by atoms with E-state index >= 15 is 0 Å². The fourth-order valence-electron chi connectivity index (χ4n) is 2.20. The maximum atomic E-state index is 11.9. The van der Waals surface area contributed by atoms with Crippen molar-refractivity contribution >= 4 is 37.3 Å². The van der Waals surface area contributed by atoms with Crippen molar-refractivity contribution in [3.8, 4) is 0 Å². The minimum atomic E-state index is -3.27. The number of aryl methyl sites for hydroxylation is 1. The van der Waals surface area contributed by atoms with Gasteiger partial charge in [0.05, 0.1) is 29.7 Å². The Morgan fingerprint density at radius 2 is 2.00 bits per heavy atom. The number of benzene rings is 1. The lowest BCUT2D eigenvalue weighted by molar-refractivity contribution is 0.546. The Morgan fingerprint density at radius 1 is 1.39 bits per heavy atom. The van der Waals surface area contributed by atoms with Crippen LogP contribution in [-0.4, -0.2) is 26.8 Å². The number of rotatable bonds is 1. The molecule has 0 bridgehead atoms. The molecule has 0 aliphatic carbocycles. The summed E-state index contributed by atoms with van der Waals surface area (Å²) in [6.07, 6.45) is 1.24. The molecule has 0 atom stereocenters. The number of anilines is 2. The van der Waals surface area contributed by atoms with E-state index in [1.165, 1.54) is 10.6 Å². The second-order valence-corrected chi connectivity index (χ2v) is 8.22. The summed E-state index contributed by atoms with van der Waals surface area (Å²) < 4.78 is 26.2. The lowest BCUT2D eigenvalue weighted by atomic mass is 9.99. The van der Waals surface area contributed by atoms with Gasteiger partial charge in [0.25, 0.3) is 0 Å². The summed E-state index contributed by atoms with van der Waals surface area (Å²) in [7, 11) is -3.27. The SMILES string of the molecule is Cc1cc(Br)cc2c1NC(C)(C)CN2S(C)(=O)=O. The highest BCUT2D eigenvalue weighted by atomic mass is 79.9. The third kappa shape index (κ3) is 2.49. The molecule has 0 radical (unpaired) electrons. The van der Waals surface area contributed by atoms with Crippen molar-refractivity contribution in [1.29, 1.82) is 0 Å². The van der Waals surface area contributed by atoms with Gasteiger partial charge >= 0.3 is 0 Å². The molecule has 1 aromatic carbocycles. The predicted octanol–water partition coefficient (Wildman–Crippen LogP) is 2.73. The summed E-state index contributed by atoms with van der Waals surface area (Å²) in [4.78, 5) is 0. The van der Waals surface area contributed by atoms with Gasteiger partial charge in [-0.1, -0.05) is 15.9 Å². The summed E-state index contributed by atoms with van der Waals surface area (Å²) in [5, 5.41) is 3.41. The molecular formula is C12H17BrN2O2S. The lowest BCUT2D eigenvalue weighted by Gasteiger charge is -2.41. The van der Waals surface area contributed by atoms with Gasteiger partial charge in [-0.25, -0.2) is 8.42 Å². The number of sulfonamides is 1. The second-order valence-electron chi connectivity index (χ2n) is 5.40. The van der Waals surface area contributed by atoms with E-state index in [-0.39, 0.29) is 5.54 Å². The summed E-state index contributed by atoms with van der Waals surface area (Å²) in [6, 6.07) is 3.82. The van der Waals surface area contributed by atoms with Crippen molar-refractivity contribution in [3.63, 3.8) is 0 Å². The zero-order chi connectivity index (χ0) is 13.7. The predicted molar refractivity (Wildman–Crippen MR) is 78.8 cm³/mol. The van der Waals surface area contributed by atoms with Crippen LogP contribution in [0.2, 0.25) is 0 Å². The van der Waals surface area contributed by atoms with E-state index in [0.717, 1.165) is 15.7 Å². The van der Waals surface area contributed by atoms with E-state index < -0.39 is 10.0 Å². The van der Waals surface area contributed by atoms with Crippen LogP contribution in [0.4, 0.5) is 11.4 Å². The summed E-state index contributed by atoms with van der Waals surface area (Å²) >= 11 is 3.41. The fourth-order valence-corrected chi connectivity index (χ4v) is 3.82. The van der Waals surface area contributed by atoms with Gasteiger partial charge in [-0.05, 0) is 38.5 Å². The molecule has 0 saturated heterocycles. The first-order valence-electron chi connectivity index (χ1n) is 5.66. The Morgan fingerprint density at radius 3 is 2.56 bits per heavy atom. The van der Waals surface area contributed by atoms with E-state index in [1.54, 1.807) is 0 Å². The molecule has 0 saturated carbocycles. The average molecular weight is 333 g/mol. The Balaban J connectivity index is 2.69. The van der Waals surface area contributed by atoms with Crippen molar-refractivity contribution in [2.24, 2.45) is 0 Å². The fraction of sp³-hybridized carbons (Fsp3) is 0.500. The molecule has 18 heavy (non-hydrogen) atoms. The molecule has 1 heterocycles. The van der Waals surface area contributed by atoms with Gasteiger partial charge in [0, 0.05) is 4.47 Å². The van der Waals surface area contributed by atoms with Gasteiger partial charge in [-0.15, -0.1) is 0 Å². The van der Waals surface area contributed by atoms with E-state index in [9.17, 15) is 8.42 Å². The molecule has 0 aromatic heterocycles. The number of halogens is 1. The normalized spacial score (nSPS) is 18.2. The highest BCUT2D eigenvalue weighted by Gasteiger charge is 2.34. The van der Waals surface area contributed by atoms with Crippen LogP contribution in [0.25, 0.3) is 0 Å². The third-order valence-electron chi connectivity index (χ3n) is 2.95. The molecule has 1 aromatic rings. The van der Waals surface area contributed by atoms with Crippen LogP contribution in [-0.2, 0) is 10.0 Å². The Bertz CT molecular complexity index is 596. The van der Waals surface area contributed by atoms with Crippen LogP contribution in [0.3, 0.4) is 0 Å². The smallest absolute Gasteiger partial charge is 0.232 e. The standard InChI is InChI=1S/C12H17BrN2O2S/c1-8-5-9(13)6-10-11(8)14-12(2,3)7-15(10)18(4,16)17/h5-6,14H,7H2,1-4H3. The molecular weight excluding hydrogens is 316 g/mol. The van der Waals surface area contributed by atoms with Gasteiger partial charge in [0.15, 0.2) is 0 Å².